The normalized spacial score (nSPS) is 14.6. The molecule has 9 rings (SSSR count). The largest absolute Gasteiger partial charge is 0.268 e. The van der Waals surface area contributed by atoms with Crippen molar-refractivity contribution in [2.75, 3.05) is 9.80 Å². The summed E-state index contributed by atoms with van der Waals surface area (Å²) in [4.78, 5) is 61.2. The number of halogens is 4. The Morgan fingerprint density at radius 3 is 0.879 bits per heavy atom. The van der Waals surface area contributed by atoms with Gasteiger partial charge in [-0.05, 0) is 82.3 Å². The number of anilines is 2. The lowest BCUT2D eigenvalue weighted by Crippen LogP contribution is -2.41. The minimum absolute atomic E-state index is 0.00895. The van der Waals surface area contributed by atoms with Crippen molar-refractivity contribution in [3.8, 4) is 0 Å². The van der Waals surface area contributed by atoms with Crippen molar-refractivity contribution in [2.24, 2.45) is 0 Å². The third-order valence-electron chi connectivity index (χ3n) is 12.0. The zero-order valence-electron chi connectivity index (χ0n) is 33.1. The van der Waals surface area contributed by atoms with Crippen LogP contribution in [0.4, 0.5) is 11.4 Å². The predicted molar refractivity (Wildman–Crippen MR) is 239 cm³/mol. The standard InChI is InChI=1S/C48H38Cl4N2O4/c1-19(2)23-9-11-35(25(13-23)21(5)6)53-45(55)27-15-31(49)39-41-33(51)17-29-38-30(48(58)54(47(29)57)36-12-10-24(20(3)4)14-26(36)22(7)8)18-34(52)42(44(38)41)40-32(50)16-28(46(53)56)37(27)43(39)40/h9-22H,1-8H3. The third kappa shape index (κ3) is 5.24. The first kappa shape index (κ1) is 38.8. The van der Waals surface area contributed by atoms with Gasteiger partial charge < -0.3 is 0 Å². The van der Waals surface area contributed by atoms with Gasteiger partial charge in [0.1, 0.15) is 0 Å². The molecule has 0 saturated heterocycles. The van der Waals surface area contributed by atoms with Gasteiger partial charge in [0.25, 0.3) is 23.6 Å². The van der Waals surface area contributed by atoms with Crippen LogP contribution in [0.1, 0.15) is 143 Å². The van der Waals surface area contributed by atoms with E-state index in [1.54, 1.807) is 24.3 Å². The maximum absolute atomic E-state index is 14.7. The Morgan fingerprint density at radius 2 is 0.638 bits per heavy atom. The van der Waals surface area contributed by atoms with E-state index in [0.717, 1.165) is 22.3 Å². The van der Waals surface area contributed by atoms with Crippen molar-refractivity contribution < 1.29 is 19.2 Å². The second-order valence-electron chi connectivity index (χ2n) is 16.8. The van der Waals surface area contributed by atoms with Crippen molar-refractivity contribution in [1.82, 2.24) is 0 Å². The van der Waals surface area contributed by atoms with Crippen LogP contribution >= 0.6 is 46.4 Å². The fourth-order valence-corrected chi connectivity index (χ4v) is 10.3. The van der Waals surface area contributed by atoms with E-state index in [0.29, 0.717) is 54.5 Å². The Kier molecular flexibility index (Phi) is 8.96. The number of carbonyl (C=O) groups is 4. The van der Waals surface area contributed by atoms with Crippen molar-refractivity contribution in [3.63, 3.8) is 0 Å². The predicted octanol–water partition coefficient (Wildman–Crippen LogP) is 14.4. The second-order valence-corrected chi connectivity index (χ2v) is 18.4. The molecule has 4 amide bonds. The lowest BCUT2D eigenvalue weighted by Gasteiger charge is -2.33. The molecule has 0 N–H and O–H groups in total. The molecule has 0 spiro atoms. The topological polar surface area (TPSA) is 74.8 Å². The van der Waals surface area contributed by atoms with Crippen LogP contribution in [0.2, 0.25) is 20.1 Å². The third-order valence-corrected chi connectivity index (χ3v) is 13.2. The van der Waals surface area contributed by atoms with Gasteiger partial charge in [-0.2, -0.15) is 0 Å². The zero-order chi connectivity index (χ0) is 41.5. The number of fused-ring (bicyclic) bond motifs is 2. The molecule has 7 aromatic carbocycles. The molecule has 2 heterocycles. The Hall–Kier alpha value is -4.72. The van der Waals surface area contributed by atoms with E-state index in [2.05, 4.69) is 39.8 Å². The summed E-state index contributed by atoms with van der Waals surface area (Å²) >= 11 is 29.0. The number of hydrogen-bond donors (Lipinski definition) is 0. The summed E-state index contributed by atoms with van der Waals surface area (Å²) in [6.45, 7) is 16.5. The van der Waals surface area contributed by atoms with Crippen LogP contribution in [0.25, 0.3) is 43.1 Å². The molecule has 0 aromatic heterocycles. The molecule has 292 valence electrons. The van der Waals surface area contributed by atoms with Gasteiger partial charge in [-0.25, -0.2) is 9.80 Å². The quantitative estimate of drug-likeness (QED) is 0.0949. The summed E-state index contributed by atoms with van der Waals surface area (Å²) in [5.41, 5.74) is 5.82. The summed E-state index contributed by atoms with van der Waals surface area (Å²) in [5, 5.41) is 4.14. The monoisotopic (exact) mass is 846 g/mol. The summed E-state index contributed by atoms with van der Waals surface area (Å²) < 4.78 is 0. The second kappa shape index (κ2) is 13.4. The highest BCUT2D eigenvalue weighted by Crippen LogP contribution is 2.54. The summed E-state index contributed by atoms with van der Waals surface area (Å²) in [7, 11) is 0. The van der Waals surface area contributed by atoms with E-state index in [1.807, 2.05) is 52.0 Å². The Morgan fingerprint density at radius 1 is 0.362 bits per heavy atom. The fraction of sp³-hybridized carbons (Fsp3) is 0.250. The SMILES string of the molecule is CC(C)c1ccc(N2C(=O)c3cc(Cl)c4c5c(Cl)cc6c7c(cc(Cl)c(c8c(Cl)cc(c3c48)C2=O)c75)C(=O)N(c2ccc(C(C)C)cc2C(C)C)C6=O)c(C(C)C)c1. The molecular formula is C48H38Cl4N2O4. The van der Waals surface area contributed by atoms with E-state index >= 15 is 0 Å². The smallest absolute Gasteiger partial charge is 0.266 e. The van der Waals surface area contributed by atoms with Crippen LogP contribution in [0, 0.1) is 0 Å². The van der Waals surface area contributed by atoms with E-state index in [-0.39, 0.29) is 66.0 Å². The van der Waals surface area contributed by atoms with Crippen LogP contribution in [-0.2, 0) is 0 Å². The fourth-order valence-electron chi connectivity index (χ4n) is 9.09. The Labute approximate surface area is 355 Å². The van der Waals surface area contributed by atoms with Crippen molar-refractivity contribution in [3.05, 3.63) is 125 Å². The van der Waals surface area contributed by atoms with Gasteiger partial charge in [0.05, 0.1) is 33.6 Å². The molecule has 2 aliphatic rings. The molecule has 2 aliphatic heterocycles. The van der Waals surface area contributed by atoms with Gasteiger partial charge in [-0.1, -0.05) is 126 Å². The highest BCUT2D eigenvalue weighted by molar-refractivity contribution is 6.57. The van der Waals surface area contributed by atoms with Crippen LogP contribution in [0.5, 0.6) is 0 Å². The molecule has 7 aromatic rings. The van der Waals surface area contributed by atoms with Gasteiger partial charge in [0.2, 0.25) is 0 Å². The van der Waals surface area contributed by atoms with E-state index < -0.39 is 23.6 Å². The minimum Gasteiger partial charge on any atom is -0.268 e. The number of imide groups is 2. The number of benzene rings is 7. The first-order valence-corrected chi connectivity index (χ1v) is 21.0. The van der Waals surface area contributed by atoms with Gasteiger partial charge in [-0.15, -0.1) is 0 Å². The number of rotatable bonds is 6. The average molecular weight is 849 g/mol. The lowest BCUT2D eigenvalue weighted by molar-refractivity contribution is 0.0877. The summed E-state index contributed by atoms with van der Waals surface area (Å²) in [6, 6.07) is 18.0. The van der Waals surface area contributed by atoms with Crippen molar-refractivity contribution in [1.29, 1.82) is 0 Å². The Bertz CT molecular complexity index is 2720. The van der Waals surface area contributed by atoms with E-state index in [9.17, 15) is 19.2 Å². The molecule has 0 unspecified atom stereocenters. The molecule has 0 saturated carbocycles. The van der Waals surface area contributed by atoms with Crippen LogP contribution in [0.15, 0.2) is 60.7 Å². The lowest BCUT2D eigenvalue weighted by atomic mass is 9.81. The summed E-state index contributed by atoms with van der Waals surface area (Å²) in [6.07, 6.45) is 0. The molecule has 6 nitrogen and oxygen atoms in total. The van der Waals surface area contributed by atoms with Gasteiger partial charge in [0.15, 0.2) is 0 Å². The molecule has 0 fully saturated rings. The van der Waals surface area contributed by atoms with Gasteiger partial charge >= 0.3 is 0 Å². The van der Waals surface area contributed by atoms with Crippen LogP contribution in [0.3, 0.4) is 0 Å². The number of carbonyl (C=O) groups excluding carboxylic acids is 4. The molecule has 0 bridgehead atoms. The number of nitrogens with zero attached hydrogens (tertiary/aromatic N) is 2. The maximum atomic E-state index is 14.7. The van der Waals surface area contributed by atoms with Gasteiger partial charge in [0, 0.05) is 63.2 Å². The molecule has 10 heteroatoms. The van der Waals surface area contributed by atoms with Crippen LogP contribution in [-0.4, -0.2) is 23.6 Å². The average Bonchev–Trinajstić information content (AvgIpc) is 3.17. The van der Waals surface area contributed by atoms with E-state index in [4.69, 9.17) is 46.4 Å². The Balaban J connectivity index is 1.33. The first-order chi connectivity index (χ1) is 27.4. The molecule has 0 aliphatic carbocycles. The number of hydrogen-bond acceptors (Lipinski definition) is 4. The molecule has 0 atom stereocenters. The number of amides is 4. The van der Waals surface area contributed by atoms with Crippen molar-refractivity contribution >= 4 is 124 Å². The molecule has 58 heavy (non-hydrogen) atoms. The molecule has 0 radical (unpaired) electrons. The minimum atomic E-state index is -0.523. The van der Waals surface area contributed by atoms with E-state index in [1.165, 1.54) is 9.80 Å². The van der Waals surface area contributed by atoms with Crippen molar-refractivity contribution in [2.45, 2.75) is 79.1 Å². The van der Waals surface area contributed by atoms with Gasteiger partial charge in [-0.3, -0.25) is 19.2 Å². The molecular weight excluding hydrogens is 810 g/mol. The first-order valence-electron chi connectivity index (χ1n) is 19.5. The zero-order valence-corrected chi connectivity index (χ0v) is 36.1. The van der Waals surface area contributed by atoms with Crippen LogP contribution < -0.4 is 9.80 Å². The highest BCUT2D eigenvalue weighted by Gasteiger charge is 2.41. The maximum Gasteiger partial charge on any atom is 0.266 e. The highest BCUT2D eigenvalue weighted by atomic mass is 35.5. The summed E-state index contributed by atoms with van der Waals surface area (Å²) in [5.74, 6) is -1.58.